The van der Waals surface area contributed by atoms with Crippen LogP contribution in [0.1, 0.15) is 44.2 Å². The van der Waals surface area contributed by atoms with Gasteiger partial charge in [0.25, 0.3) is 5.91 Å². The molecule has 2 unspecified atom stereocenters. The fraction of sp³-hybridized carbons (Fsp3) is 0.412. The van der Waals surface area contributed by atoms with E-state index in [2.05, 4.69) is 12.2 Å². The first-order valence-corrected chi connectivity index (χ1v) is 7.27. The molecule has 1 heterocycles. The highest BCUT2D eigenvalue weighted by molar-refractivity contribution is 6.01. The maximum absolute atomic E-state index is 11.9. The molecule has 4 heteroatoms. The number of amides is 1. The van der Waals surface area contributed by atoms with E-state index >= 15 is 0 Å². The normalized spacial score (nSPS) is 20.4. The molecule has 0 spiro atoms. The van der Waals surface area contributed by atoms with Crippen LogP contribution in [-0.4, -0.2) is 18.6 Å². The summed E-state index contributed by atoms with van der Waals surface area (Å²) < 4.78 is 5.74. The van der Waals surface area contributed by atoms with Gasteiger partial charge in [-0.25, -0.2) is 0 Å². The van der Waals surface area contributed by atoms with Crippen molar-refractivity contribution in [1.82, 2.24) is 5.32 Å². The van der Waals surface area contributed by atoms with E-state index in [-0.39, 0.29) is 17.6 Å². The number of benzene rings is 1. The predicted octanol–water partition coefficient (Wildman–Crippen LogP) is 3.00. The first-order valence-electron chi connectivity index (χ1n) is 7.27. The number of carbonyl (C=O) groups is 1. The van der Waals surface area contributed by atoms with Crippen molar-refractivity contribution in [3.63, 3.8) is 0 Å². The molecule has 0 saturated carbocycles. The average Bonchev–Trinajstić information content (AvgIpc) is 2.77. The monoisotopic (exact) mass is 284 g/mol. The van der Waals surface area contributed by atoms with Crippen LogP contribution < -0.4 is 10.1 Å². The molecule has 0 aliphatic carbocycles. The molecule has 1 aliphatic rings. The molecule has 0 saturated heterocycles. The molecule has 4 nitrogen and oxygen atoms in total. The van der Waals surface area contributed by atoms with Crippen LogP contribution in [0.25, 0.3) is 6.08 Å². The molecule has 2 atom stereocenters. The van der Waals surface area contributed by atoms with Gasteiger partial charge in [0.2, 0.25) is 0 Å². The van der Waals surface area contributed by atoms with Gasteiger partial charge in [0, 0.05) is 18.0 Å². The smallest absolute Gasteiger partial charge is 0.261 e. The summed E-state index contributed by atoms with van der Waals surface area (Å²) in [5, 5.41) is 11.9. The molecular weight excluding hydrogens is 264 g/mol. The lowest BCUT2D eigenvalue weighted by Crippen LogP contribution is -2.25. The highest BCUT2D eigenvalue weighted by Crippen LogP contribution is 2.38. The van der Waals surface area contributed by atoms with Crippen LogP contribution in [-0.2, 0) is 4.79 Å². The van der Waals surface area contributed by atoms with Gasteiger partial charge in [-0.15, -0.1) is 0 Å². The van der Waals surface area contributed by atoms with Gasteiger partial charge in [-0.2, -0.15) is 5.26 Å². The predicted molar refractivity (Wildman–Crippen MR) is 81.8 cm³/mol. The number of rotatable bonds is 4. The molecule has 0 fully saturated rings. The number of carbonyl (C=O) groups excluding carboxylic acids is 1. The first kappa shape index (κ1) is 15.1. The molecule has 1 amide bonds. The zero-order valence-electron chi connectivity index (χ0n) is 12.6. The maximum atomic E-state index is 11.9. The molecule has 0 radical (unpaired) electrons. The number of nitriles is 1. The lowest BCUT2D eigenvalue weighted by Gasteiger charge is -2.07. The van der Waals surface area contributed by atoms with Crippen molar-refractivity contribution < 1.29 is 9.53 Å². The van der Waals surface area contributed by atoms with E-state index in [1.54, 1.807) is 6.08 Å². The number of hydrogen-bond donors (Lipinski definition) is 1. The molecule has 2 rings (SSSR count). The van der Waals surface area contributed by atoms with Crippen LogP contribution in [0.15, 0.2) is 23.8 Å². The summed E-state index contributed by atoms with van der Waals surface area (Å²) in [6.45, 7) is 6.70. The van der Waals surface area contributed by atoms with Crippen molar-refractivity contribution in [2.24, 2.45) is 0 Å². The fourth-order valence-corrected chi connectivity index (χ4v) is 2.32. The summed E-state index contributed by atoms with van der Waals surface area (Å²) in [4.78, 5) is 11.9. The van der Waals surface area contributed by atoms with Crippen LogP contribution in [0.5, 0.6) is 5.75 Å². The lowest BCUT2D eigenvalue weighted by molar-refractivity contribution is -0.117. The Morgan fingerprint density at radius 3 is 2.90 bits per heavy atom. The van der Waals surface area contributed by atoms with E-state index in [9.17, 15) is 4.79 Å². The number of nitrogens with zero attached hydrogens (tertiary/aromatic N) is 1. The quantitative estimate of drug-likeness (QED) is 0.683. The molecule has 0 bridgehead atoms. The minimum absolute atomic E-state index is 0.128. The second-order valence-electron chi connectivity index (χ2n) is 5.33. The Morgan fingerprint density at radius 2 is 2.24 bits per heavy atom. The minimum atomic E-state index is -0.322. The van der Waals surface area contributed by atoms with Crippen LogP contribution in [0.3, 0.4) is 0 Å². The third-order valence-corrected chi connectivity index (χ3v) is 3.75. The van der Waals surface area contributed by atoms with Crippen molar-refractivity contribution in [2.45, 2.75) is 39.2 Å². The topological polar surface area (TPSA) is 62.1 Å². The van der Waals surface area contributed by atoms with E-state index in [0.717, 1.165) is 23.3 Å². The van der Waals surface area contributed by atoms with E-state index in [1.807, 2.05) is 38.1 Å². The first-order chi connectivity index (χ1) is 10.1. The van der Waals surface area contributed by atoms with E-state index in [0.29, 0.717) is 12.5 Å². The summed E-state index contributed by atoms with van der Waals surface area (Å²) in [7, 11) is 0. The summed E-state index contributed by atoms with van der Waals surface area (Å²) in [5.74, 6) is 0.881. The second-order valence-corrected chi connectivity index (χ2v) is 5.33. The van der Waals surface area contributed by atoms with Gasteiger partial charge in [0.1, 0.15) is 23.5 Å². The zero-order valence-corrected chi connectivity index (χ0v) is 12.6. The van der Waals surface area contributed by atoms with Crippen LogP contribution in [0.4, 0.5) is 0 Å². The SMILES string of the molecule is CCCNC(=O)/C(C#N)=C/c1ccc2c(c1)C(C)C(C)O2. The Morgan fingerprint density at radius 1 is 1.48 bits per heavy atom. The van der Waals surface area contributed by atoms with Crippen molar-refractivity contribution >= 4 is 12.0 Å². The zero-order chi connectivity index (χ0) is 15.4. The highest BCUT2D eigenvalue weighted by Gasteiger charge is 2.27. The molecule has 1 aliphatic heterocycles. The van der Waals surface area contributed by atoms with Gasteiger partial charge >= 0.3 is 0 Å². The Labute approximate surface area is 125 Å². The van der Waals surface area contributed by atoms with E-state index in [4.69, 9.17) is 10.00 Å². The molecule has 0 aromatic heterocycles. The third kappa shape index (κ3) is 3.25. The third-order valence-electron chi connectivity index (χ3n) is 3.75. The molecule has 21 heavy (non-hydrogen) atoms. The number of ether oxygens (including phenoxy) is 1. The largest absolute Gasteiger partial charge is 0.490 e. The Bertz CT molecular complexity index is 614. The van der Waals surface area contributed by atoms with Gasteiger partial charge in [-0.05, 0) is 37.1 Å². The highest BCUT2D eigenvalue weighted by atomic mass is 16.5. The fourth-order valence-electron chi connectivity index (χ4n) is 2.32. The van der Waals surface area contributed by atoms with Crippen LogP contribution in [0, 0.1) is 11.3 Å². The summed E-state index contributed by atoms with van der Waals surface area (Å²) in [5.41, 5.74) is 2.10. The number of hydrogen-bond acceptors (Lipinski definition) is 3. The second kappa shape index (κ2) is 6.45. The Kier molecular flexibility index (Phi) is 4.64. The molecule has 1 aromatic carbocycles. The van der Waals surface area contributed by atoms with Crippen molar-refractivity contribution in [3.05, 3.63) is 34.9 Å². The van der Waals surface area contributed by atoms with Crippen molar-refractivity contribution in [3.8, 4) is 11.8 Å². The van der Waals surface area contributed by atoms with E-state index < -0.39 is 0 Å². The van der Waals surface area contributed by atoms with Gasteiger partial charge in [0.05, 0.1) is 0 Å². The minimum Gasteiger partial charge on any atom is -0.490 e. The van der Waals surface area contributed by atoms with E-state index in [1.165, 1.54) is 0 Å². The summed E-state index contributed by atoms with van der Waals surface area (Å²) >= 11 is 0. The number of nitrogens with one attached hydrogen (secondary N) is 1. The standard InChI is InChI=1S/C17H20N2O2/c1-4-7-19-17(20)14(10-18)8-13-5-6-16-15(9-13)11(2)12(3)21-16/h5-6,8-9,11-12H,4,7H2,1-3H3,(H,19,20)/b14-8+. The molecular formula is C17H20N2O2. The van der Waals surface area contributed by atoms with Gasteiger partial charge < -0.3 is 10.1 Å². The van der Waals surface area contributed by atoms with Crippen molar-refractivity contribution in [1.29, 1.82) is 5.26 Å². The van der Waals surface area contributed by atoms with Gasteiger partial charge in [-0.1, -0.05) is 19.9 Å². The molecule has 1 N–H and O–H groups in total. The summed E-state index contributed by atoms with van der Waals surface area (Å²) in [6, 6.07) is 7.73. The average molecular weight is 284 g/mol. The van der Waals surface area contributed by atoms with Crippen LogP contribution in [0.2, 0.25) is 0 Å². The number of fused-ring (bicyclic) bond motifs is 1. The van der Waals surface area contributed by atoms with Crippen LogP contribution >= 0.6 is 0 Å². The lowest BCUT2D eigenvalue weighted by atomic mass is 9.96. The Hall–Kier alpha value is -2.28. The summed E-state index contributed by atoms with van der Waals surface area (Å²) in [6.07, 6.45) is 2.62. The maximum Gasteiger partial charge on any atom is 0.261 e. The van der Waals surface area contributed by atoms with Gasteiger partial charge in [-0.3, -0.25) is 4.79 Å². The molecule has 1 aromatic rings. The van der Waals surface area contributed by atoms with Crippen molar-refractivity contribution in [2.75, 3.05) is 6.54 Å². The Balaban J connectivity index is 2.25. The van der Waals surface area contributed by atoms with Gasteiger partial charge in [0.15, 0.2) is 0 Å². The molecule has 110 valence electrons.